The number of rotatable bonds is 34. The number of nitrogens with one attached hydrogen (secondary N) is 7. The van der Waals surface area contributed by atoms with E-state index in [0.717, 1.165) is 23.3 Å². The number of guanidine groups is 1. The van der Waals surface area contributed by atoms with Gasteiger partial charge in [0.05, 0.1) is 24.8 Å². The van der Waals surface area contributed by atoms with E-state index in [0.29, 0.717) is 69.1 Å². The number of likely N-dealkylation sites (tertiary alicyclic amines) is 2. The highest BCUT2D eigenvalue weighted by atomic mass is 19.2. The lowest BCUT2D eigenvalue weighted by atomic mass is 9.91. The van der Waals surface area contributed by atoms with Gasteiger partial charge in [-0.15, -0.1) is 0 Å². The molecule has 2 aromatic rings. The van der Waals surface area contributed by atoms with Crippen LogP contribution in [0.15, 0.2) is 35.3 Å². The molecule has 2 saturated carbocycles. The molecule has 3 heterocycles. The Kier molecular flexibility index (Phi) is 29.4. The molecule has 10 amide bonds. The van der Waals surface area contributed by atoms with Crippen molar-refractivity contribution in [3.8, 4) is 0 Å². The van der Waals surface area contributed by atoms with E-state index >= 15 is 0 Å². The van der Waals surface area contributed by atoms with E-state index in [4.69, 9.17) is 22.9 Å². The quantitative estimate of drug-likeness (QED) is 0.00768. The van der Waals surface area contributed by atoms with E-state index in [2.05, 4.69) is 42.2 Å². The molecular formula is C66H92F5N15O14. The molecule has 0 bridgehead atoms. The minimum atomic E-state index is -2.42. The van der Waals surface area contributed by atoms with Crippen molar-refractivity contribution in [2.45, 2.75) is 195 Å². The van der Waals surface area contributed by atoms with Crippen LogP contribution in [0, 0.1) is 40.9 Å². The predicted molar refractivity (Wildman–Crippen MR) is 350 cm³/mol. The first kappa shape index (κ1) is 78.4. The van der Waals surface area contributed by atoms with Crippen LogP contribution in [0.4, 0.5) is 22.0 Å². The number of halogens is 5. The summed E-state index contributed by atoms with van der Waals surface area (Å²) in [4.78, 5) is 162. The monoisotopic (exact) mass is 1410 g/mol. The topological polar surface area (TPSA) is 459 Å². The smallest absolute Gasteiger partial charge is 0.326 e. The number of nitrogens with two attached hydrogens (primary N) is 4. The lowest BCUT2D eigenvalue weighted by Gasteiger charge is -2.38. The summed E-state index contributed by atoms with van der Waals surface area (Å²) < 4.78 is 70.4. The lowest BCUT2D eigenvalue weighted by molar-refractivity contribution is -0.148. The lowest BCUT2D eigenvalue weighted by Crippen LogP contribution is -2.62. The second-order valence-electron chi connectivity index (χ2n) is 26.0. The van der Waals surface area contributed by atoms with Crippen LogP contribution in [-0.2, 0) is 65.7 Å². The summed E-state index contributed by atoms with van der Waals surface area (Å²) in [6.45, 7) is -1.86. The molecule has 18 N–H and O–H groups in total. The van der Waals surface area contributed by atoms with Crippen molar-refractivity contribution >= 4 is 77.1 Å². The molecule has 550 valence electrons. The molecule has 0 spiro atoms. The zero-order chi connectivity index (χ0) is 72.9. The van der Waals surface area contributed by atoms with Crippen LogP contribution < -0.4 is 60.2 Å². The maximum Gasteiger partial charge on any atom is 0.326 e. The summed E-state index contributed by atoms with van der Waals surface area (Å²) in [6.07, 6.45) is 5.64. The normalized spacial score (nSPS) is 20.3. The number of benzene rings is 2. The van der Waals surface area contributed by atoms with Crippen LogP contribution in [0.3, 0.4) is 0 Å². The van der Waals surface area contributed by atoms with Gasteiger partial charge in [0.2, 0.25) is 64.9 Å². The predicted octanol–water partition coefficient (Wildman–Crippen LogP) is -0.905. The Labute approximate surface area is 574 Å². The number of carbonyl (C=O) groups excluding carboxylic acids is 10. The summed E-state index contributed by atoms with van der Waals surface area (Å²) in [6, 6.07) is -5.25. The summed E-state index contributed by atoms with van der Waals surface area (Å²) in [5.41, 5.74) is 22.5. The fraction of sp³-hybridized carbons (Fsp3) is 0.606. The zero-order valence-corrected chi connectivity index (χ0v) is 55.5. The van der Waals surface area contributed by atoms with E-state index in [-0.39, 0.29) is 115 Å². The third kappa shape index (κ3) is 20.6. The van der Waals surface area contributed by atoms with Gasteiger partial charge in [-0.25, -0.2) is 26.7 Å². The summed E-state index contributed by atoms with van der Waals surface area (Å²) >= 11 is 0. The van der Waals surface area contributed by atoms with Crippen molar-refractivity contribution in [3.05, 3.63) is 76.1 Å². The van der Waals surface area contributed by atoms with Gasteiger partial charge >= 0.3 is 5.97 Å². The molecule has 0 unspecified atom stereocenters. The van der Waals surface area contributed by atoms with Gasteiger partial charge in [-0.2, -0.15) is 0 Å². The molecule has 3 aliphatic heterocycles. The van der Waals surface area contributed by atoms with Crippen LogP contribution in [0.1, 0.15) is 139 Å². The van der Waals surface area contributed by atoms with E-state index in [1.807, 2.05) is 0 Å². The van der Waals surface area contributed by atoms with Crippen LogP contribution in [-0.4, -0.2) is 207 Å². The van der Waals surface area contributed by atoms with E-state index < -0.39 is 179 Å². The molecule has 7 rings (SSSR count). The Balaban J connectivity index is 1.01. The minimum absolute atomic E-state index is 0.0141. The number of hydrogen-bond donors (Lipinski definition) is 14. The van der Waals surface area contributed by atoms with Gasteiger partial charge in [-0.3, -0.25) is 52.9 Å². The summed E-state index contributed by atoms with van der Waals surface area (Å²) in [7, 11) is 0. The number of amides is 10. The van der Waals surface area contributed by atoms with E-state index in [1.165, 1.54) is 9.80 Å². The number of nitrogens with zero attached hydrogens (tertiary/aromatic N) is 4. The first-order valence-corrected chi connectivity index (χ1v) is 34.0. The highest BCUT2D eigenvalue weighted by Gasteiger charge is 2.47. The number of unbranched alkanes of at least 4 members (excludes halogenated alkanes) is 2. The molecule has 5 aliphatic rings. The number of aliphatic hydroxyl groups is 2. The van der Waals surface area contributed by atoms with Crippen molar-refractivity contribution in [2.75, 3.05) is 45.9 Å². The molecule has 100 heavy (non-hydrogen) atoms. The SMILES string of the molecule is NCCCC[C@H](NC(=O)/C=C/c1c(F)c(F)c(F)c(F)c1F)C(=O)N[C@@H](CCCCN)C(=O)N[C@@H](CCCN=C(N)N)C(=O)N1CCC[C@H]1C(=O)N1C[C@H](O)C[C@H]1C(=O)NCC(=O)N[C@H](C(=O)N[C@@H](CO)C(=O)N1Cc2ccccc2C[C@@H]1C(=O)N[C@H](C(=O)O)C1CCCC1)C1CCCC1. The third-order valence-corrected chi connectivity index (χ3v) is 19.0. The molecule has 2 aromatic carbocycles. The van der Waals surface area contributed by atoms with Gasteiger partial charge in [0.15, 0.2) is 29.2 Å². The average Bonchev–Trinajstić information content (AvgIpc) is 1.17. The number of aliphatic hydroxyl groups excluding tert-OH is 2. The molecule has 0 radical (unpaired) electrons. The van der Waals surface area contributed by atoms with Gasteiger partial charge in [-0.1, -0.05) is 49.9 Å². The molecule has 0 aromatic heterocycles. The Hall–Kier alpha value is -8.89. The van der Waals surface area contributed by atoms with Crippen LogP contribution >= 0.6 is 0 Å². The standard InChI is InChI=1S/C66H92F5N15O14/c67-50-40(51(68)53(70)54(71)52(50)69)23-24-48(89)78-41(19-7-9-25-72)57(91)79-42(20-8-10-26-73)58(92)80-43(21-11-27-76-66(74)75)62(96)84-28-12-22-45(84)64(98)86-33-39(88)30-47(86)59(93)77-31-49(90)82-55(35-13-1-2-14-35)61(95)81-44(34-87)63(97)85-32-38-18-6-5-17-37(38)29-46(85)60(94)83-56(65(99)100)36-15-3-4-16-36/h5-6,17-18,23-24,35-36,39,41-47,55-56,87-88H,1-4,7-16,19-22,25-34,72-73H2,(H,77,93)(H,78,89)(H,79,91)(H,80,92)(H,81,95)(H,82,90)(H,83,94)(H,99,100)(H4,74,75,76)/b24-23+/t39-,41+,42+,43+,44+,45+,46-,47+,55+,56+/m1/s1. The van der Waals surface area contributed by atoms with Crippen molar-refractivity contribution < 1.29 is 90.0 Å². The number of hydrogen-bond acceptors (Lipinski definition) is 16. The molecule has 34 heteroatoms. The van der Waals surface area contributed by atoms with Gasteiger partial charge in [0.1, 0.15) is 54.4 Å². The number of carboxylic acids is 1. The number of β-amino-alcohol motifs (C(OH)–C–C–N with tert-alkyl or cyclic N) is 1. The molecule has 2 aliphatic carbocycles. The van der Waals surface area contributed by atoms with Crippen molar-refractivity contribution in [1.29, 1.82) is 0 Å². The van der Waals surface area contributed by atoms with Crippen molar-refractivity contribution in [1.82, 2.24) is 51.9 Å². The Morgan fingerprint density at radius 1 is 0.590 bits per heavy atom. The Bertz CT molecular complexity index is 3330. The van der Waals surface area contributed by atoms with E-state index in [9.17, 15) is 90.0 Å². The number of carbonyl (C=O) groups is 11. The Morgan fingerprint density at radius 3 is 1.73 bits per heavy atom. The first-order valence-electron chi connectivity index (χ1n) is 34.0. The number of carboxylic acid groups (broad SMARTS) is 1. The fourth-order valence-corrected chi connectivity index (χ4v) is 13.7. The third-order valence-electron chi connectivity index (χ3n) is 19.0. The molecule has 2 saturated heterocycles. The highest BCUT2D eigenvalue weighted by molar-refractivity contribution is 6.00. The highest BCUT2D eigenvalue weighted by Crippen LogP contribution is 2.32. The average molecular weight is 1410 g/mol. The first-order chi connectivity index (χ1) is 47.8. The zero-order valence-electron chi connectivity index (χ0n) is 55.5. The van der Waals surface area contributed by atoms with E-state index in [1.54, 1.807) is 24.3 Å². The van der Waals surface area contributed by atoms with Crippen molar-refractivity contribution in [3.63, 3.8) is 0 Å². The van der Waals surface area contributed by atoms with Gasteiger partial charge in [-0.05, 0) is 132 Å². The van der Waals surface area contributed by atoms with Crippen LogP contribution in [0.5, 0.6) is 0 Å². The molecule has 10 atom stereocenters. The molecule has 4 fully saturated rings. The number of aliphatic carboxylic acids is 1. The second kappa shape index (κ2) is 37.5. The number of aliphatic imine (C=N–C) groups is 1. The van der Waals surface area contributed by atoms with Crippen molar-refractivity contribution in [2.24, 2.45) is 39.8 Å². The van der Waals surface area contributed by atoms with Gasteiger partial charge in [0, 0.05) is 45.1 Å². The Morgan fingerprint density at radius 2 is 1.14 bits per heavy atom. The maximum absolute atomic E-state index is 14.8. The molecular weight excluding hydrogens is 1320 g/mol. The van der Waals surface area contributed by atoms with Crippen LogP contribution in [0.2, 0.25) is 0 Å². The van der Waals surface area contributed by atoms with Crippen LogP contribution in [0.25, 0.3) is 6.08 Å². The second-order valence-corrected chi connectivity index (χ2v) is 26.0. The fourth-order valence-electron chi connectivity index (χ4n) is 13.7. The summed E-state index contributed by atoms with van der Waals surface area (Å²) in [5, 5.41) is 49.8. The van der Waals surface area contributed by atoms with Gasteiger partial charge in [0.25, 0.3) is 0 Å². The largest absolute Gasteiger partial charge is 0.480 e. The molecule has 29 nitrogen and oxygen atoms in total. The minimum Gasteiger partial charge on any atom is -0.480 e. The van der Waals surface area contributed by atoms with Gasteiger partial charge < -0.3 is 90.2 Å². The summed E-state index contributed by atoms with van der Waals surface area (Å²) in [5.74, 6) is -22.3. The maximum atomic E-state index is 14.8. The number of fused-ring (bicyclic) bond motifs is 1.